The highest BCUT2D eigenvalue weighted by molar-refractivity contribution is 7.80. The van der Waals surface area contributed by atoms with E-state index in [4.69, 9.17) is 38.0 Å². The number of nitrogens with zero attached hydrogens (tertiary/aromatic N) is 1. The molecule has 1 fully saturated rings. The Morgan fingerprint density at radius 3 is 2.86 bits per heavy atom. The summed E-state index contributed by atoms with van der Waals surface area (Å²) in [6, 6.07) is 11.0. The van der Waals surface area contributed by atoms with Crippen molar-refractivity contribution in [1.82, 2.24) is 10.2 Å². The van der Waals surface area contributed by atoms with E-state index in [0.717, 1.165) is 11.1 Å². The van der Waals surface area contributed by atoms with E-state index in [-0.39, 0.29) is 5.91 Å². The third kappa shape index (κ3) is 3.50. The number of thiocarbonyl (C=S) groups is 1. The number of carbonyl (C=O) groups excluding carboxylic acids is 1. The molecule has 4 rings (SSSR count). The Hall–Kier alpha value is -2.77. The number of benzene rings is 2. The molecular formula is C20H17ClN2O4S. The summed E-state index contributed by atoms with van der Waals surface area (Å²) in [5.41, 5.74) is 1.93. The third-order valence-corrected chi connectivity index (χ3v) is 5.10. The van der Waals surface area contributed by atoms with Gasteiger partial charge in [-0.3, -0.25) is 9.69 Å². The van der Waals surface area contributed by atoms with E-state index in [2.05, 4.69) is 5.32 Å². The lowest BCUT2D eigenvalue weighted by molar-refractivity contribution is -0.122. The van der Waals surface area contributed by atoms with E-state index >= 15 is 0 Å². The van der Waals surface area contributed by atoms with Gasteiger partial charge >= 0.3 is 0 Å². The van der Waals surface area contributed by atoms with Crippen molar-refractivity contribution < 1.29 is 19.0 Å². The molecule has 1 saturated heterocycles. The summed E-state index contributed by atoms with van der Waals surface area (Å²) in [5.74, 6) is 1.47. The van der Waals surface area contributed by atoms with Gasteiger partial charge in [-0.05, 0) is 47.6 Å². The number of carbonyl (C=O) groups is 1. The molecule has 0 radical (unpaired) electrons. The molecule has 2 aliphatic heterocycles. The minimum absolute atomic E-state index is 0.223. The van der Waals surface area contributed by atoms with Gasteiger partial charge in [-0.1, -0.05) is 29.8 Å². The van der Waals surface area contributed by atoms with Gasteiger partial charge in [0.25, 0.3) is 5.91 Å². The van der Waals surface area contributed by atoms with Crippen molar-refractivity contribution in [2.45, 2.75) is 6.54 Å². The summed E-state index contributed by atoms with van der Waals surface area (Å²) < 4.78 is 16.6. The van der Waals surface area contributed by atoms with Crippen LogP contribution in [-0.4, -0.2) is 36.2 Å². The number of nitrogens with one attached hydrogen (secondary N) is 1. The van der Waals surface area contributed by atoms with E-state index in [1.165, 1.54) is 4.90 Å². The molecule has 1 amide bonds. The van der Waals surface area contributed by atoms with Crippen molar-refractivity contribution in [2.24, 2.45) is 0 Å². The highest BCUT2D eigenvalue weighted by Gasteiger charge is 2.31. The first-order valence-corrected chi connectivity index (χ1v) is 9.41. The number of hydrogen-bond acceptors (Lipinski definition) is 5. The average molecular weight is 417 g/mol. The summed E-state index contributed by atoms with van der Waals surface area (Å²) in [6.45, 7) is 1.23. The van der Waals surface area contributed by atoms with Gasteiger partial charge in [0, 0.05) is 5.02 Å². The Morgan fingerprint density at radius 1 is 1.29 bits per heavy atom. The second kappa shape index (κ2) is 7.69. The molecule has 0 unspecified atom stereocenters. The zero-order valence-corrected chi connectivity index (χ0v) is 16.6. The van der Waals surface area contributed by atoms with Gasteiger partial charge < -0.3 is 19.5 Å². The van der Waals surface area contributed by atoms with Crippen molar-refractivity contribution in [1.29, 1.82) is 0 Å². The average Bonchev–Trinajstić information content (AvgIpc) is 2.96. The lowest BCUT2D eigenvalue weighted by Gasteiger charge is -2.21. The van der Waals surface area contributed by atoms with Gasteiger partial charge in [0.05, 0.1) is 13.7 Å². The van der Waals surface area contributed by atoms with Crippen LogP contribution >= 0.6 is 23.8 Å². The molecule has 0 bridgehead atoms. The van der Waals surface area contributed by atoms with Crippen LogP contribution in [0.3, 0.4) is 0 Å². The molecule has 2 aromatic carbocycles. The van der Waals surface area contributed by atoms with Crippen LogP contribution in [0.25, 0.3) is 6.08 Å². The number of methoxy groups -OCH3 is 1. The maximum atomic E-state index is 12.9. The van der Waals surface area contributed by atoms with E-state index < -0.39 is 0 Å². The molecule has 144 valence electrons. The van der Waals surface area contributed by atoms with Crippen LogP contribution < -0.4 is 19.5 Å². The number of hydrogen-bond donors (Lipinski definition) is 1. The maximum Gasteiger partial charge on any atom is 0.276 e. The minimum atomic E-state index is -0.223. The molecule has 0 spiro atoms. The van der Waals surface area contributed by atoms with Crippen molar-refractivity contribution in [2.75, 3.05) is 20.3 Å². The summed E-state index contributed by atoms with van der Waals surface area (Å²) in [4.78, 5) is 14.3. The Kier molecular flexibility index (Phi) is 5.11. The number of halogens is 1. The second-order valence-electron chi connectivity index (χ2n) is 6.22. The molecule has 6 nitrogen and oxygen atoms in total. The number of fused-ring (bicyclic) bond motifs is 1. The van der Waals surface area contributed by atoms with Crippen LogP contribution in [0.4, 0.5) is 0 Å². The molecule has 0 aliphatic carbocycles. The van der Waals surface area contributed by atoms with Crippen LogP contribution in [0.15, 0.2) is 42.1 Å². The van der Waals surface area contributed by atoms with Gasteiger partial charge in [-0.25, -0.2) is 0 Å². The molecule has 0 atom stereocenters. The molecule has 2 heterocycles. The van der Waals surface area contributed by atoms with Gasteiger partial charge in [-0.15, -0.1) is 0 Å². The minimum Gasteiger partial charge on any atom is -0.493 e. The van der Waals surface area contributed by atoms with Crippen LogP contribution in [0.2, 0.25) is 5.02 Å². The van der Waals surface area contributed by atoms with E-state index in [1.807, 2.05) is 18.2 Å². The molecule has 28 heavy (non-hydrogen) atoms. The number of rotatable bonds is 4. The topological polar surface area (TPSA) is 60.0 Å². The van der Waals surface area contributed by atoms with Gasteiger partial charge in [0.15, 0.2) is 16.6 Å². The van der Waals surface area contributed by atoms with Crippen molar-refractivity contribution in [3.8, 4) is 17.2 Å². The summed E-state index contributed by atoms with van der Waals surface area (Å²) in [6.07, 6.45) is 1.71. The predicted octanol–water partition coefficient (Wildman–Crippen LogP) is 3.38. The second-order valence-corrected chi connectivity index (χ2v) is 7.01. The summed E-state index contributed by atoms with van der Waals surface area (Å²) in [5, 5.41) is 3.90. The molecule has 0 aromatic heterocycles. The van der Waals surface area contributed by atoms with Crippen LogP contribution in [0.5, 0.6) is 17.2 Å². The normalized spacial score (nSPS) is 17.1. The SMILES string of the molecule is COc1cc(/C=C2\NC(=S)N(Cc3ccccc3Cl)C2=O)cc2c1OCCO2. The lowest BCUT2D eigenvalue weighted by Crippen LogP contribution is -2.30. The van der Waals surface area contributed by atoms with Crippen molar-refractivity contribution in [3.05, 3.63) is 58.2 Å². The fourth-order valence-corrected chi connectivity index (χ4v) is 3.51. The molecule has 0 saturated carbocycles. The van der Waals surface area contributed by atoms with Crippen LogP contribution in [0.1, 0.15) is 11.1 Å². The zero-order chi connectivity index (χ0) is 19.7. The molecular weight excluding hydrogens is 400 g/mol. The number of amides is 1. The monoisotopic (exact) mass is 416 g/mol. The molecule has 2 aliphatic rings. The third-order valence-electron chi connectivity index (χ3n) is 4.41. The number of ether oxygens (including phenoxy) is 3. The zero-order valence-electron chi connectivity index (χ0n) is 15.0. The van der Waals surface area contributed by atoms with Gasteiger partial charge in [0.2, 0.25) is 5.75 Å². The Balaban J connectivity index is 1.62. The van der Waals surface area contributed by atoms with Crippen molar-refractivity contribution in [3.63, 3.8) is 0 Å². The lowest BCUT2D eigenvalue weighted by atomic mass is 10.1. The van der Waals surface area contributed by atoms with Gasteiger partial charge in [0.1, 0.15) is 18.9 Å². The molecule has 8 heteroatoms. The van der Waals surface area contributed by atoms with Crippen LogP contribution in [0, 0.1) is 0 Å². The predicted molar refractivity (Wildman–Crippen MR) is 110 cm³/mol. The fraction of sp³-hybridized carbons (Fsp3) is 0.200. The quantitative estimate of drug-likeness (QED) is 0.609. The Labute approximate surface area is 172 Å². The maximum absolute atomic E-state index is 12.9. The summed E-state index contributed by atoms with van der Waals surface area (Å²) in [7, 11) is 1.56. The van der Waals surface area contributed by atoms with Crippen molar-refractivity contribution >= 4 is 40.9 Å². The highest BCUT2D eigenvalue weighted by Crippen LogP contribution is 2.41. The molecule has 1 N–H and O–H groups in total. The Bertz CT molecular complexity index is 975. The smallest absolute Gasteiger partial charge is 0.276 e. The van der Waals surface area contributed by atoms with E-state index in [9.17, 15) is 4.79 Å². The first-order valence-electron chi connectivity index (χ1n) is 8.62. The van der Waals surface area contributed by atoms with Crippen LogP contribution in [-0.2, 0) is 11.3 Å². The highest BCUT2D eigenvalue weighted by atomic mass is 35.5. The first-order chi connectivity index (χ1) is 13.6. The first kappa shape index (κ1) is 18.6. The summed E-state index contributed by atoms with van der Waals surface area (Å²) >= 11 is 11.5. The van der Waals surface area contributed by atoms with E-state index in [1.54, 1.807) is 31.4 Å². The van der Waals surface area contributed by atoms with E-state index in [0.29, 0.717) is 52.8 Å². The fourth-order valence-electron chi connectivity index (χ4n) is 3.06. The molecule has 2 aromatic rings. The Morgan fingerprint density at radius 2 is 2.07 bits per heavy atom. The standard InChI is InChI=1S/C20H17ClN2O4S/c1-25-16-9-12(10-17-18(16)27-7-6-26-17)8-15-19(24)23(20(28)22-15)11-13-4-2-3-5-14(13)21/h2-5,8-10H,6-7,11H2,1H3,(H,22,28)/b15-8-. The van der Waals surface area contributed by atoms with Gasteiger partial charge in [-0.2, -0.15) is 0 Å². The largest absolute Gasteiger partial charge is 0.493 e.